The molecule has 3 nitrogen and oxygen atoms in total. The monoisotopic (exact) mass is 440 g/mol. The summed E-state index contributed by atoms with van der Waals surface area (Å²) in [7, 11) is 3.16. The van der Waals surface area contributed by atoms with Crippen molar-refractivity contribution in [1.82, 2.24) is 4.31 Å². The summed E-state index contributed by atoms with van der Waals surface area (Å²) in [5, 5.41) is 0. The molecular weight excluding hydrogens is 416 g/mol. The van der Waals surface area contributed by atoms with E-state index in [9.17, 15) is 17.6 Å². The number of likely N-dealkylation sites (N-methyl/N-ethyl adjacent to an activating group) is 1. The van der Waals surface area contributed by atoms with E-state index in [1.807, 2.05) is 18.0 Å². The van der Waals surface area contributed by atoms with E-state index in [0.717, 1.165) is 18.9 Å². The van der Waals surface area contributed by atoms with Crippen LogP contribution in [0.4, 0.5) is 28.9 Å². The van der Waals surface area contributed by atoms with Crippen LogP contribution in [0.3, 0.4) is 0 Å². The second-order valence-corrected chi connectivity index (χ2v) is 8.66. The number of hydrogen-bond acceptors (Lipinski definition) is 4. The minimum absolute atomic E-state index is 0.226. The van der Waals surface area contributed by atoms with Crippen LogP contribution >= 0.6 is 11.9 Å². The van der Waals surface area contributed by atoms with E-state index in [4.69, 9.17) is 4.74 Å². The second kappa shape index (κ2) is 8.51. The van der Waals surface area contributed by atoms with Crippen molar-refractivity contribution >= 4 is 23.3 Å². The molecule has 162 valence electrons. The molecule has 3 rings (SSSR count). The molecule has 0 saturated heterocycles. The zero-order chi connectivity index (χ0) is 22.1. The number of alkyl halides is 3. The summed E-state index contributed by atoms with van der Waals surface area (Å²) >= 11 is 1.38. The molecule has 2 aromatic carbocycles. The third kappa shape index (κ3) is 4.44. The fourth-order valence-electron chi connectivity index (χ4n) is 3.51. The fourth-order valence-corrected chi connectivity index (χ4v) is 4.60. The maximum absolute atomic E-state index is 13.7. The molecular formula is C22H24F4N2OS. The largest absolute Gasteiger partial charge is 0.496 e. The van der Waals surface area contributed by atoms with E-state index in [1.165, 1.54) is 37.3 Å². The SMILES string of the molecule is C=CCCC1(C)CN(c2ccc(F)cc2)c2cc(C(F)(F)F)c(OC)cc2SN1C. The summed E-state index contributed by atoms with van der Waals surface area (Å²) in [6.45, 7) is 6.28. The molecule has 1 heterocycles. The van der Waals surface area contributed by atoms with E-state index in [0.29, 0.717) is 22.8 Å². The Hall–Kier alpha value is -2.19. The van der Waals surface area contributed by atoms with Crippen LogP contribution in [0, 0.1) is 5.82 Å². The zero-order valence-electron chi connectivity index (χ0n) is 17.1. The van der Waals surface area contributed by atoms with Crippen molar-refractivity contribution < 1.29 is 22.3 Å². The molecule has 0 N–H and O–H groups in total. The molecule has 2 aromatic rings. The van der Waals surface area contributed by atoms with Crippen molar-refractivity contribution in [2.45, 2.75) is 36.4 Å². The maximum atomic E-state index is 13.7. The summed E-state index contributed by atoms with van der Waals surface area (Å²) in [4.78, 5) is 2.46. The van der Waals surface area contributed by atoms with E-state index < -0.39 is 17.6 Å². The third-order valence-electron chi connectivity index (χ3n) is 5.40. The van der Waals surface area contributed by atoms with Crippen LogP contribution in [0.25, 0.3) is 0 Å². The maximum Gasteiger partial charge on any atom is 0.420 e. The normalized spacial score (nSPS) is 19.9. The van der Waals surface area contributed by atoms with Gasteiger partial charge in [0.1, 0.15) is 11.6 Å². The number of fused-ring (bicyclic) bond motifs is 1. The first-order chi connectivity index (χ1) is 14.1. The molecule has 0 radical (unpaired) electrons. The Balaban J connectivity index is 2.21. The number of halogens is 4. The first-order valence-electron chi connectivity index (χ1n) is 9.44. The van der Waals surface area contributed by atoms with Crippen molar-refractivity contribution in [3.05, 3.63) is 60.4 Å². The topological polar surface area (TPSA) is 15.7 Å². The van der Waals surface area contributed by atoms with E-state index in [2.05, 4.69) is 17.8 Å². The number of anilines is 2. The molecule has 1 atom stereocenters. The number of benzene rings is 2. The van der Waals surface area contributed by atoms with E-state index in [1.54, 1.807) is 12.1 Å². The van der Waals surface area contributed by atoms with E-state index in [-0.39, 0.29) is 11.3 Å². The van der Waals surface area contributed by atoms with Gasteiger partial charge in [-0.15, -0.1) is 6.58 Å². The average molecular weight is 441 g/mol. The smallest absolute Gasteiger partial charge is 0.420 e. The Labute approximate surface area is 178 Å². The standard InChI is InChI=1S/C22H24F4N2OS/c1-5-6-11-21(2)14-28(16-9-7-15(23)8-10-16)18-12-17(22(24,25)26)19(29-4)13-20(18)30-27(21)3/h5,7-10,12-13H,1,6,11,14H2,2-4H3. The second-order valence-electron chi connectivity index (χ2n) is 7.49. The van der Waals surface area contributed by atoms with Gasteiger partial charge in [-0.2, -0.15) is 13.2 Å². The molecule has 1 aliphatic heterocycles. The highest BCUT2D eigenvalue weighted by molar-refractivity contribution is 7.97. The number of methoxy groups -OCH3 is 1. The van der Waals surface area contributed by atoms with Crippen LogP contribution in [0.15, 0.2) is 53.9 Å². The third-order valence-corrected chi connectivity index (χ3v) is 6.64. The van der Waals surface area contributed by atoms with Crippen molar-refractivity contribution in [3.63, 3.8) is 0 Å². The molecule has 30 heavy (non-hydrogen) atoms. The molecule has 0 spiro atoms. The first-order valence-corrected chi connectivity index (χ1v) is 10.2. The van der Waals surface area contributed by atoms with Gasteiger partial charge >= 0.3 is 6.18 Å². The number of nitrogens with zero attached hydrogens (tertiary/aromatic N) is 2. The van der Waals surface area contributed by atoms with Crippen molar-refractivity contribution in [1.29, 1.82) is 0 Å². The Kier molecular flexibility index (Phi) is 6.38. The van der Waals surface area contributed by atoms with Gasteiger partial charge in [0.05, 0.1) is 23.3 Å². The van der Waals surface area contributed by atoms with Crippen LogP contribution in [-0.2, 0) is 6.18 Å². The van der Waals surface area contributed by atoms with Crippen LogP contribution in [0.2, 0.25) is 0 Å². The zero-order valence-corrected chi connectivity index (χ0v) is 17.9. The van der Waals surface area contributed by atoms with Gasteiger partial charge in [-0.1, -0.05) is 6.08 Å². The number of allylic oxidation sites excluding steroid dienone is 1. The van der Waals surface area contributed by atoms with Crippen LogP contribution in [0.1, 0.15) is 25.3 Å². The van der Waals surface area contributed by atoms with Gasteiger partial charge in [-0.3, -0.25) is 0 Å². The summed E-state index contributed by atoms with van der Waals surface area (Å²) < 4.78 is 61.8. The Morgan fingerprint density at radius 2 is 1.90 bits per heavy atom. The van der Waals surface area contributed by atoms with Gasteiger partial charge < -0.3 is 9.64 Å². The van der Waals surface area contributed by atoms with Gasteiger partial charge in [-0.25, -0.2) is 8.70 Å². The van der Waals surface area contributed by atoms with Gasteiger partial charge in [0.25, 0.3) is 0 Å². The molecule has 0 bridgehead atoms. The number of hydrogen-bond donors (Lipinski definition) is 0. The molecule has 0 amide bonds. The van der Waals surface area contributed by atoms with Crippen molar-refractivity contribution in [2.75, 3.05) is 25.6 Å². The quantitative estimate of drug-likeness (QED) is 0.293. The fraction of sp³-hybridized carbons (Fsp3) is 0.364. The number of ether oxygens (including phenoxy) is 1. The highest BCUT2D eigenvalue weighted by Crippen LogP contribution is 2.49. The lowest BCUT2D eigenvalue weighted by atomic mass is 9.94. The summed E-state index contributed by atoms with van der Waals surface area (Å²) in [5.74, 6) is -0.628. The Bertz CT molecular complexity index is 917. The van der Waals surface area contributed by atoms with Crippen LogP contribution in [-0.4, -0.2) is 30.5 Å². The first kappa shape index (κ1) is 22.5. The van der Waals surface area contributed by atoms with Crippen molar-refractivity contribution in [2.24, 2.45) is 0 Å². The van der Waals surface area contributed by atoms with Crippen LogP contribution in [0.5, 0.6) is 5.75 Å². The lowest BCUT2D eigenvalue weighted by Gasteiger charge is -2.39. The molecule has 0 fully saturated rings. The predicted octanol–water partition coefficient (Wildman–Crippen LogP) is 6.67. The Morgan fingerprint density at radius 1 is 1.23 bits per heavy atom. The van der Waals surface area contributed by atoms with Gasteiger partial charge in [0.2, 0.25) is 0 Å². The molecule has 1 aliphatic rings. The highest BCUT2D eigenvalue weighted by Gasteiger charge is 2.40. The average Bonchev–Trinajstić information content (AvgIpc) is 2.80. The van der Waals surface area contributed by atoms with Crippen molar-refractivity contribution in [3.8, 4) is 5.75 Å². The minimum atomic E-state index is -4.57. The van der Waals surface area contributed by atoms with Gasteiger partial charge in [0, 0.05) is 17.8 Å². The molecule has 8 heteroatoms. The number of rotatable bonds is 5. The van der Waals surface area contributed by atoms with Gasteiger partial charge in [-0.05, 0) is 75.2 Å². The van der Waals surface area contributed by atoms with E-state index >= 15 is 0 Å². The lowest BCUT2D eigenvalue weighted by molar-refractivity contribution is -0.138. The molecule has 0 aromatic heterocycles. The Morgan fingerprint density at radius 3 is 2.47 bits per heavy atom. The predicted molar refractivity (Wildman–Crippen MR) is 113 cm³/mol. The molecule has 0 aliphatic carbocycles. The summed E-state index contributed by atoms with van der Waals surface area (Å²) in [6, 6.07) is 8.34. The highest BCUT2D eigenvalue weighted by atomic mass is 32.2. The van der Waals surface area contributed by atoms with Gasteiger partial charge in [0.15, 0.2) is 0 Å². The molecule has 0 saturated carbocycles. The summed E-state index contributed by atoms with van der Waals surface area (Å²) in [5.41, 5.74) is -0.183. The lowest BCUT2D eigenvalue weighted by Crippen LogP contribution is -2.47. The molecule has 1 unspecified atom stereocenters. The summed E-state index contributed by atoms with van der Waals surface area (Å²) in [6.07, 6.45) is -1.22. The van der Waals surface area contributed by atoms with Crippen LogP contribution < -0.4 is 9.64 Å². The minimum Gasteiger partial charge on any atom is -0.496 e.